The minimum absolute atomic E-state index is 0.0304. The number of fused-ring (bicyclic) bond motifs is 1. The van der Waals surface area contributed by atoms with E-state index in [9.17, 15) is 18.0 Å². The van der Waals surface area contributed by atoms with Gasteiger partial charge in [0.05, 0.1) is 18.1 Å². The Morgan fingerprint density at radius 3 is 2.43 bits per heavy atom. The predicted octanol–water partition coefficient (Wildman–Crippen LogP) is 1.68. The Labute approximate surface area is 178 Å². The van der Waals surface area contributed by atoms with E-state index in [-0.39, 0.29) is 29.6 Å². The number of amides is 2. The lowest BCUT2D eigenvalue weighted by Crippen LogP contribution is -2.42. The van der Waals surface area contributed by atoms with Gasteiger partial charge >= 0.3 is 0 Å². The lowest BCUT2D eigenvalue weighted by atomic mass is 10.0. The number of sulfonamides is 1. The molecule has 2 heterocycles. The topological polar surface area (TPSA) is 96.0 Å². The van der Waals surface area contributed by atoms with E-state index in [4.69, 9.17) is 4.74 Å². The maximum absolute atomic E-state index is 12.7. The molecule has 0 aliphatic carbocycles. The maximum Gasteiger partial charge on any atom is 0.241 e. The molecule has 2 aliphatic rings. The first-order chi connectivity index (χ1) is 14.1. The first kappa shape index (κ1) is 22.7. The van der Waals surface area contributed by atoms with Crippen molar-refractivity contribution in [3.8, 4) is 0 Å². The van der Waals surface area contributed by atoms with Crippen LogP contribution in [-0.4, -0.2) is 63.5 Å². The fraction of sp³-hybridized carbons (Fsp3) is 0.619. The quantitative estimate of drug-likeness (QED) is 0.700. The van der Waals surface area contributed by atoms with Crippen LogP contribution >= 0.6 is 0 Å². The molecular formula is C21H31N3O5S. The Kier molecular flexibility index (Phi) is 6.84. The summed E-state index contributed by atoms with van der Waals surface area (Å²) >= 11 is 0. The normalized spacial score (nSPS) is 17.2. The largest absolute Gasteiger partial charge is 0.378 e. The van der Waals surface area contributed by atoms with Crippen LogP contribution in [0.2, 0.25) is 0 Å². The van der Waals surface area contributed by atoms with E-state index < -0.39 is 15.6 Å². The summed E-state index contributed by atoms with van der Waals surface area (Å²) in [4.78, 5) is 28.6. The van der Waals surface area contributed by atoms with E-state index in [1.807, 2.05) is 20.8 Å². The van der Waals surface area contributed by atoms with Crippen LogP contribution < -0.4 is 9.62 Å². The van der Waals surface area contributed by atoms with E-state index in [1.54, 1.807) is 21.9 Å². The van der Waals surface area contributed by atoms with Crippen LogP contribution in [0.15, 0.2) is 23.1 Å². The van der Waals surface area contributed by atoms with E-state index in [2.05, 4.69) is 4.72 Å². The fourth-order valence-corrected chi connectivity index (χ4v) is 5.15. The Hall–Kier alpha value is -1.97. The van der Waals surface area contributed by atoms with Crippen LogP contribution in [0.25, 0.3) is 0 Å². The number of hydrogen-bond acceptors (Lipinski definition) is 5. The summed E-state index contributed by atoms with van der Waals surface area (Å²) in [5, 5.41) is 0. The van der Waals surface area contributed by atoms with Gasteiger partial charge in [-0.05, 0) is 50.5 Å². The van der Waals surface area contributed by atoms with Gasteiger partial charge in [-0.15, -0.1) is 0 Å². The number of morpholine rings is 1. The summed E-state index contributed by atoms with van der Waals surface area (Å²) in [6.07, 6.45) is 1.58. The molecule has 30 heavy (non-hydrogen) atoms. The van der Waals surface area contributed by atoms with Crippen molar-refractivity contribution in [1.82, 2.24) is 9.62 Å². The lowest BCUT2D eigenvalue weighted by Gasteiger charge is -2.27. The third-order valence-corrected chi connectivity index (χ3v) is 7.46. The Morgan fingerprint density at radius 2 is 1.77 bits per heavy atom. The molecule has 3 rings (SSSR count). The predicted molar refractivity (Wildman–Crippen MR) is 114 cm³/mol. The maximum atomic E-state index is 12.7. The standard InChI is InChI=1S/C21H31N3O5S/c1-4-21(2,3)22-30(27,28)17-5-6-18-16(15-17)9-10-24(18)20(26)8-7-19(25)23-11-13-29-14-12-23/h5-6,15,22H,4,7-14H2,1-3H3. The van der Waals surface area contributed by atoms with Crippen molar-refractivity contribution >= 4 is 27.5 Å². The number of rotatable bonds is 7. The molecule has 0 atom stereocenters. The highest BCUT2D eigenvalue weighted by Gasteiger charge is 2.29. The monoisotopic (exact) mass is 437 g/mol. The van der Waals surface area contributed by atoms with Gasteiger partial charge in [-0.2, -0.15) is 0 Å². The summed E-state index contributed by atoms with van der Waals surface area (Å²) in [7, 11) is -3.64. The average Bonchev–Trinajstić information content (AvgIpc) is 3.15. The Bertz CT molecular complexity index is 907. The summed E-state index contributed by atoms with van der Waals surface area (Å²) < 4.78 is 33.4. The minimum atomic E-state index is -3.64. The highest BCUT2D eigenvalue weighted by atomic mass is 32.2. The minimum Gasteiger partial charge on any atom is -0.378 e. The number of hydrogen-bond donors (Lipinski definition) is 1. The number of carbonyl (C=O) groups is 2. The molecule has 0 aromatic heterocycles. The third kappa shape index (κ3) is 5.19. The molecule has 0 spiro atoms. The molecule has 2 amide bonds. The second kappa shape index (κ2) is 9.03. The van der Waals surface area contributed by atoms with Crippen LogP contribution in [0.3, 0.4) is 0 Å². The van der Waals surface area contributed by atoms with E-state index >= 15 is 0 Å². The number of ether oxygens (including phenoxy) is 1. The molecule has 1 aromatic carbocycles. The van der Waals surface area contributed by atoms with E-state index in [0.717, 1.165) is 11.3 Å². The smallest absolute Gasteiger partial charge is 0.241 e. The highest BCUT2D eigenvalue weighted by molar-refractivity contribution is 7.89. The van der Waals surface area contributed by atoms with Gasteiger partial charge in [0.1, 0.15) is 0 Å². The lowest BCUT2D eigenvalue weighted by molar-refractivity contribution is -0.136. The van der Waals surface area contributed by atoms with Gasteiger partial charge < -0.3 is 14.5 Å². The molecule has 2 aliphatic heterocycles. The van der Waals surface area contributed by atoms with Gasteiger partial charge in [-0.1, -0.05) is 6.92 Å². The number of carbonyl (C=O) groups excluding carboxylic acids is 2. The van der Waals surface area contributed by atoms with Gasteiger partial charge in [-0.25, -0.2) is 13.1 Å². The van der Waals surface area contributed by atoms with Crippen LogP contribution in [0.1, 0.15) is 45.6 Å². The third-order valence-electron chi connectivity index (χ3n) is 5.77. The zero-order valence-electron chi connectivity index (χ0n) is 17.9. The SMILES string of the molecule is CCC(C)(C)NS(=O)(=O)c1ccc2c(c1)CCN2C(=O)CCC(=O)N1CCOCC1. The van der Waals surface area contributed by atoms with Crippen LogP contribution in [0.5, 0.6) is 0 Å². The number of nitrogens with zero attached hydrogens (tertiary/aromatic N) is 2. The average molecular weight is 438 g/mol. The van der Waals surface area contributed by atoms with Crippen molar-refractivity contribution in [3.05, 3.63) is 23.8 Å². The first-order valence-electron chi connectivity index (χ1n) is 10.5. The summed E-state index contributed by atoms with van der Waals surface area (Å²) in [6.45, 7) is 8.33. The summed E-state index contributed by atoms with van der Waals surface area (Å²) in [6, 6.07) is 4.88. The molecule has 9 heteroatoms. The van der Waals surface area contributed by atoms with Crippen molar-refractivity contribution in [1.29, 1.82) is 0 Å². The molecule has 1 N–H and O–H groups in total. The van der Waals surface area contributed by atoms with Gasteiger partial charge in [0.2, 0.25) is 21.8 Å². The molecule has 1 aromatic rings. The molecule has 1 fully saturated rings. The molecule has 0 radical (unpaired) electrons. The number of anilines is 1. The highest BCUT2D eigenvalue weighted by Crippen LogP contribution is 2.31. The summed E-state index contributed by atoms with van der Waals surface area (Å²) in [5.41, 5.74) is 1.03. The fourth-order valence-electron chi connectivity index (χ4n) is 3.62. The van der Waals surface area contributed by atoms with Crippen molar-refractivity contribution < 1.29 is 22.7 Å². The Balaban J connectivity index is 1.65. The van der Waals surface area contributed by atoms with Crippen molar-refractivity contribution in [2.45, 2.75) is 56.9 Å². The second-order valence-corrected chi connectivity index (χ2v) is 10.1. The van der Waals surface area contributed by atoms with Crippen LogP contribution in [-0.2, 0) is 30.8 Å². The van der Waals surface area contributed by atoms with Crippen molar-refractivity contribution in [3.63, 3.8) is 0 Å². The van der Waals surface area contributed by atoms with Crippen molar-refractivity contribution in [2.24, 2.45) is 0 Å². The van der Waals surface area contributed by atoms with Gasteiger partial charge in [0.15, 0.2) is 0 Å². The first-order valence-corrected chi connectivity index (χ1v) is 11.9. The molecule has 8 nitrogen and oxygen atoms in total. The van der Waals surface area contributed by atoms with Gasteiger partial charge in [-0.3, -0.25) is 9.59 Å². The van der Waals surface area contributed by atoms with Gasteiger partial charge in [0, 0.05) is 43.7 Å². The van der Waals surface area contributed by atoms with Crippen LogP contribution in [0, 0.1) is 0 Å². The van der Waals surface area contributed by atoms with E-state index in [0.29, 0.717) is 45.7 Å². The Morgan fingerprint density at radius 1 is 1.10 bits per heavy atom. The molecule has 0 unspecified atom stereocenters. The zero-order chi connectivity index (χ0) is 21.9. The molecular weight excluding hydrogens is 406 g/mol. The molecule has 166 valence electrons. The second-order valence-electron chi connectivity index (χ2n) is 8.42. The zero-order valence-corrected chi connectivity index (χ0v) is 18.8. The van der Waals surface area contributed by atoms with Crippen molar-refractivity contribution in [2.75, 3.05) is 37.7 Å². The molecule has 0 saturated carbocycles. The van der Waals surface area contributed by atoms with Crippen LogP contribution in [0.4, 0.5) is 5.69 Å². The number of benzene rings is 1. The summed E-state index contributed by atoms with van der Waals surface area (Å²) in [5.74, 6) is -0.145. The number of nitrogens with one attached hydrogen (secondary N) is 1. The van der Waals surface area contributed by atoms with Gasteiger partial charge in [0.25, 0.3) is 0 Å². The molecule has 0 bridgehead atoms. The van der Waals surface area contributed by atoms with E-state index in [1.165, 1.54) is 6.07 Å². The molecule has 1 saturated heterocycles.